The van der Waals surface area contributed by atoms with Gasteiger partial charge in [-0.1, -0.05) is 12.2 Å². The molecule has 0 bridgehead atoms. The number of aromatic nitrogens is 2. The van der Waals surface area contributed by atoms with Crippen LogP contribution in [0.3, 0.4) is 0 Å². The van der Waals surface area contributed by atoms with Gasteiger partial charge in [0.15, 0.2) is 0 Å². The van der Waals surface area contributed by atoms with E-state index in [-0.39, 0.29) is 5.59 Å². The summed E-state index contributed by atoms with van der Waals surface area (Å²) < 4.78 is 1.70. The second-order valence-corrected chi connectivity index (χ2v) is 2.94. The van der Waals surface area contributed by atoms with Gasteiger partial charge in [0.1, 0.15) is 6.33 Å². The zero-order valence-corrected chi connectivity index (χ0v) is 7.48. The molecule has 0 unspecified atom stereocenters. The largest absolute Gasteiger partial charge is 0.509 e. The van der Waals surface area contributed by atoms with Crippen LogP contribution in [0.5, 0.6) is 0 Å². The molecule has 1 aromatic rings. The lowest BCUT2D eigenvalue weighted by Gasteiger charge is -2.20. The van der Waals surface area contributed by atoms with E-state index in [1.54, 1.807) is 10.9 Å². The van der Waals surface area contributed by atoms with Crippen molar-refractivity contribution in [1.82, 2.24) is 9.66 Å². The molecule has 0 aromatic carbocycles. The van der Waals surface area contributed by atoms with Gasteiger partial charge in [0.2, 0.25) is 0 Å². The van der Waals surface area contributed by atoms with Crippen molar-refractivity contribution < 1.29 is 10.0 Å². The molecule has 0 aliphatic carbocycles. The first-order chi connectivity index (χ1) is 6.77. The average molecular weight is 191 g/mol. The van der Waals surface area contributed by atoms with Crippen molar-refractivity contribution in [3.8, 4) is 0 Å². The van der Waals surface area contributed by atoms with Crippen molar-refractivity contribution in [2.24, 2.45) is 0 Å². The van der Waals surface area contributed by atoms with Crippen LogP contribution in [0.2, 0.25) is 0 Å². The van der Waals surface area contributed by atoms with E-state index in [1.165, 1.54) is 6.33 Å². The zero-order valence-electron chi connectivity index (χ0n) is 7.48. The SMILES string of the molecule is OB(O)c1cn(N2C=CC=CC2)cn1. The van der Waals surface area contributed by atoms with Crippen LogP contribution >= 0.6 is 0 Å². The predicted octanol–water partition coefficient (Wildman–Crippen LogP) is -1.42. The Morgan fingerprint density at radius 1 is 1.36 bits per heavy atom. The first-order valence-electron chi connectivity index (χ1n) is 4.27. The van der Waals surface area contributed by atoms with Gasteiger partial charge in [-0.15, -0.1) is 0 Å². The third-order valence-corrected chi connectivity index (χ3v) is 1.95. The number of hydrogen-bond donors (Lipinski definition) is 2. The van der Waals surface area contributed by atoms with Crippen LogP contribution in [0.1, 0.15) is 0 Å². The maximum absolute atomic E-state index is 8.86. The van der Waals surface area contributed by atoms with E-state index in [0.29, 0.717) is 0 Å². The second-order valence-electron chi connectivity index (χ2n) is 2.94. The van der Waals surface area contributed by atoms with Gasteiger partial charge >= 0.3 is 7.12 Å². The van der Waals surface area contributed by atoms with Gasteiger partial charge in [-0.05, 0) is 6.08 Å². The molecule has 14 heavy (non-hydrogen) atoms. The van der Waals surface area contributed by atoms with E-state index in [1.807, 2.05) is 29.4 Å². The van der Waals surface area contributed by atoms with Gasteiger partial charge in [0, 0.05) is 12.4 Å². The van der Waals surface area contributed by atoms with Gasteiger partial charge in [-0.3, -0.25) is 5.01 Å². The fourth-order valence-corrected chi connectivity index (χ4v) is 1.23. The molecule has 1 aromatic heterocycles. The molecule has 0 saturated carbocycles. The number of rotatable bonds is 2. The molecule has 1 aliphatic rings. The highest BCUT2D eigenvalue weighted by Gasteiger charge is 2.15. The van der Waals surface area contributed by atoms with Crippen molar-refractivity contribution in [3.05, 3.63) is 37.0 Å². The quantitative estimate of drug-likeness (QED) is 0.563. The maximum Gasteiger partial charge on any atom is 0.509 e. The first-order valence-corrected chi connectivity index (χ1v) is 4.27. The van der Waals surface area contributed by atoms with Crippen LogP contribution in [-0.4, -0.2) is 33.4 Å². The van der Waals surface area contributed by atoms with Crippen LogP contribution in [0.25, 0.3) is 0 Å². The molecule has 5 nitrogen and oxygen atoms in total. The van der Waals surface area contributed by atoms with Crippen LogP contribution in [0, 0.1) is 0 Å². The third kappa shape index (κ3) is 1.71. The highest BCUT2D eigenvalue weighted by atomic mass is 16.4. The number of allylic oxidation sites excluding steroid dienone is 2. The van der Waals surface area contributed by atoms with Crippen molar-refractivity contribution in [3.63, 3.8) is 0 Å². The summed E-state index contributed by atoms with van der Waals surface area (Å²) in [6, 6.07) is 0. The molecular formula is C8H10BN3O2. The van der Waals surface area contributed by atoms with E-state index < -0.39 is 7.12 Å². The van der Waals surface area contributed by atoms with Gasteiger partial charge in [-0.2, -0.15) is 0 Å². The Morgan fingerprint density at radius 3 is 2.79 bits per heavy atom. The van der Waals surface area contributed by atoms with Crippen LogP contribution in [-0.2, 0) is 0 Å². The highest BCUT2D eigenvalue weighted by molar-refractivity contribution is 6.57. The summed E-state index contributed by atoms with van der Waals surface area (Å²) >= 11 is 0. The van der Waals surface area contributed by atoms with Crippen molar-refractivity contribution in [1.29, 1.82) is 0 Å². The molecule has 2 N–H and O–H groups in total. The summed E-state index contributed by atoms with van der Waals surface area (Å²) in [5.74, 6) is 0. The van der Waals surface area contributed by atoms with Gasteiger partial charge < -0.3 is 10.0 Å². The fraction of sp³-hybridized carbons (Fsp3) is 0.125. The van der Waals surface area contributed by atoms with E-state index in [4.69, 9.17) is 10.0 Å². The van der Waals surface area contributed by atoms with Gasteiger partial charge in [0.05, 0.1) is 12.1 Å². The third-order valence-electron chi connectivity index (χ3n) is 1.95. The molecule has 0 spiro atoms. The van der Waals surface area contributed by atoms with Crippen molar-refractivity contribution in [2.45, 2.75) is 0 Å². The minimum absolute atomic E-state index is 0.243. The molecule has 2 heterocycles. The van der Waals surface area contributed by atoms with E-state index in [0.717, 1.165) is 6.54 Å². The van der Waals surface area contributed by atoms with Crippen molar-refractivity contribution >= 4 is 12.7 Å². The van der Waals surface area contributed by atoms with Crippen molar-refractivity contribution in [2.75, 3.05) is 11.6 Å². The molecule has 0 atom stereocenters. The molecule has 0 saturated heterocycles. The maximum atomic E-state index is 8.86. The lowest BCUT2D eigenvalue weighted by atomic mass is 9.87. The van der Waals surface area contributed by atoms with Crippen LogP contribution in [0.15, 0.2) is 37.0 Å². The second kappa shape index (κ2) is 3.69. The number of hydrogen-bond acceptors (Lipinski definition) is 4. The Balaban J connectivity index is 2.16. The number of nitrogens with zero attached hydrogens (tertiary/aromatic N) is 3. The monoisotopic (exact) mass is 191 g/mol. The highest BCUT2D eigenvalue weighted by Crippen LogP contribution is 1.97. The standard InChI is InChI=1S/C8H10BN3O2/c13-9(14)8-6-12(7-10-8)11-4-2-1-3-5-11/h1-4,6-7,13-14H,5H2. The summed E-state index contributed by atoms with van der Waals surface area (Å²) in [6.45, 7) is 0.744. The Morgan fingerprint density at radius 2 is 2.21 bits per heavy atom. The Labute approximate surface area is 81.7 Å². The lowest BCUT2D eigenvalue weighted by Crippen LogP contribution is -2.33. The van der Waals surface area contributed by atoms with E-state index in [9.17, 15) is 0 Å². The van der Waals surface area contributed by atoms with Gasteiger partial charge in [-0.25, -0.2) is 9.66 Å². The molecule has 0 radical (unpaired) electrons. The lowest BCUT2D eigenvalue weighted by molar-refractivity contribution is 0.424. The number of imidazole rings is 1. The normalized spacial score (nSPS) is 14.9. The molecule has 1 aliphatic heterocycles. The summed E-state index contributed by atoms with van der Waals surface area (Å²) in [4.78, 5) is 3.85. The fourth-order valence-electron chi connectivity index (χ4n) is 1.23. The smallest absolute Gasteiger partial charge is 0.422 e. The van der Waals surface area contributed by atoms with Crippen LogP contribution in [0.4, 0.5) is 0 Å². The summed E-state index contributed by atoms with van der Waals surface area (Å²) in [6.07, 6.45) is 10.9. The molecular weight excluding hydrogens is 181 g/mol. The Hall–Kier alpha value is -1.53. The van der Waals surface area contributed by atoms with E-state index in [2.05, 4.69) is 4.98 Å². The molecule has 0 fully saturated rings. The minimum Gasteiger partial charge on any atom is -0.422 e. The zero-order chi connectivity index (χ0) is 9.97. The van der Waals surface area contributed by atoms with E-state index >= 15 is 0 Å². The molecule has 0 amide bonds. The molecule has 2 rings (SSSR count). The summed E-state index contributed by atoms with van der Waals surface area (Å²) in [5.41, 5.74) is 0.243. The Bertz CT molecular complexity index is 372. The summed E-state index contributed by atoms with van der Waals surface area (Å²) in [7, 11) is -1.51. The van der Waals surface area contributed by atoms with Gasteiger partial charge in [0.25, 0.3) is 0 Å². The molecule has 72 valence electrons. The topological polar surface area (TPSA) is 61.5 Å². The average Bonchev–Trinajstić information content (AvgIpc) is 2.68. The Kier molecular flexibility index (Phi) is 2.38. The van der Waals surface area contributed by atoms with Crippen LogP contribution < -0.4 is 10.6 Å². The molecule has 6 heteroatoms. The summed E-state index contributed by atoms with van der Waals surface area (Å²) in [5, 5.41) is 19.6. The first kappa shape index (κ1) is 9.05. The predicted molar refractivity (Wildman–Crippen MR) is 53.4 cm³/mol. The minimum atomic E-state index is -1.51.